The first-order valence-electron chi connectivity index (χ1n) is 11.8. The number of aromatic nitrogens is 1. The topological polar surface area (TPSA) is 84.0 Å². The van der Waals surface area contributed by atoms with Crippen molar-refractivity contribution in [1.29, 1.82) is 0 Å². The highest BCUT2D eigenvalue weighted by molar-refractivity contribution is 7.09. The van der Waals surface area contributed by atoms with Gasteiger partial charge in [0.15, 0.2) is 0 Å². The molecule has 0 unspecified atom stereocenters. The molecule has 1 saturated heterocycles. The van der Waals surface area contributed by atoms with Crippen LogP contribution < -0.4 is 10.1 Å². The number of anilines is 1. The number of carbonyl (C=O) groups excluding carboxylic acids is 2. The van der Waals surface area contributed by atoms with Crippen molar-refractivity contribution in [3.05, 3.63) is 81.7 Å². The van der Waals surface area contributed by atoms with Crippen molar-refractivity contribution in [2.75, 3.05) is 32.1 Å². The van der Waals surface area contributed by atoms with Crippen LogP contribution in [0.4, 0.5) is 5.82 Å². The third-order valence-corrected chi connectivity index (χ3v) is 7.04. The number of fused-ring (bicyclic) bond motifs is 1. The molecule has 5 rings (SSSR count). The minimum atomic E-state index is -0.0955. The number of thiophene rings is 1. The molecule has 9 heteroatoms. The highest BCUT2D eigenvalue weighted by atomic mass is 32.1. The number of pyridine rings is 1. The van der Waals surface area contributed by atoms with Gasteiger partial charge in [-0.15, -0.1) is 11.3 Å². The van der Waals surface area contributed by atoms with E-state index in [2.05, 4.69) is 15.2 Å². The minimum Gasteiger partial charge on any atom is -0.497 e. The Morgan fingerprint density at radius 1 is 1.22 bits per heavy atom. The molecule has 0 saturated carbocycles. The zero-order chi connectivity index (χ0) is 24.9. The summed E-state index contributed by atoms with van der Waals surface area (Å²) in [6.07, 6.45) is 5.10. The molecular weight excluding hydrogens is 476 g/mol. The molecule has 3 aromatic rings. The van der Waals surface area contributed by atoms with Crippen LogP contribution in [0.15, 0.2) is 60.1 Å². The van der Waals surface area contributed by atoms with Crippen molar-refractivity contribution in [3.8, 4) is 5.75 Å². The van der Waals surface area contributed by atoms with E-state index in [1.807, 2.05) is 47.8 Å². The largest absolute Gasteiger partial charge is 0.497 e. The summed E-state index contributed by atoms with van der Waals surface area (Å²) in [5.74, 6) is 1.22. The molecule has 0 aliphatic carbocycles. The molecule has 0 spiro atoms. The average Bonchev–Trinajstić information content (AvgIpc) is 3.31. The maximum Gasteiger partial charge on any atom is 0.246 e. The molecule has 4 heterocycles. The Bertz CT molecular complexity index is 1240. The molecule has 2 aromatic heterocycles. The second kappa shape index (κ2) is 11.0. The van der Waals surface area contributed by atoms with Crippen LogP contribution in [0.5, 0.6) is 5.75 Å². The monoisotopic (exact) mass is 504 g/mol. The lowest BCUT2D eigenvalue weighted by atomic mass is 10.1. The third kappa shape index (κ3) is 5.99. The van der Waals surface area contributed by atoms with Gasteiger partial charge in [-0.1, -0.05) is 18.2 Å². The molecular formula is C27H28N4O4S. The highest BCUT2D eigenvalue weighted by Gasteiger charge is 2.30. The first-order valence-corrected chi connectivity index (χ1v) is 12.7. The molecule has 0 radical (unpaired) electrons. The van der Waals surface area contributed by atoms with E-state index < -0.39 is 0 Å². The molecule has 0 atom stereocenters. The van der Waals surface area contributed by atoms with E-state index in [-0.39, 0.29) is 24.5 Å². The van der Waals surface area contributed by atoms with Crippen LogP contribution in [0.25, 0.3) is 6.08 Å². The van der Waals surface area contributed by atoms with E-state index in [0.29, 0.717) is 38.6 Å². The van der Waals surface area contributed by atoms with Crippen LogP contribution in [0.3, 0.4) is 0 Å². The van der Waals surface area contributed by atoms with Gasteiger partial charge in [0.1, 0.15) is 11.6 Å². The van der Waals surface area contributed by atoms with Crippen LogP contribution in [-0.2, 0) is 34.0 Å². The summed E-state index contributed by atoms with van der Waals surface area (Å²) in [6.45, 7) is 3.26. The van der Waals surface area contributed by atoms with Gasteiger partial charge >= 0.3 is 0 Å². The minimum absolute atomic E-state index is 0.0460. The Morgan fingerprint density at radius 2 is 2.06 bits per heavy atom. The van der Waals surface area contributed by atoms with E-state index >= 15 is 0 Å². The zero-order valence-corrected chi connectivity index (χ0v) is 20.9. The number of benzene rings is 1. The number of ether oxygens (including phenoxy) is 2. The Morgan fingerprint density at radius 3 is 2.81 bits per heavy atom. The van der Waals surface area contributed by atoms with Gasteiger partial charge in [-0.3, -0.25) is 14.5 Å². The molecule has 1 N–H and O–H groups in total. The molecule has 1 fully saturated rings. The number of rotatable bonds is 8. The van der Waals surface area contributed by atoms with E-state index in [1.165, 1.54) is 4.88 Å². The van der Waals surface area contributed by atoms with E-state index in [4.69, 9.17) is 9.47 Å². The number of likely N-dealkylation sites (tertiary alicyclic amines) is 1. The molecule has 8 nitrogen and oxygen atoms in total. The Balaban J connectivity index is 1.17. The predicted molar refractivity (Wildman–Crippen MR) is 138 cm³/mol. The maximum absolute atomic E-state index is 12.6. The molecule has 2 aliphatic rings. The van der Waals surface area contributed by atoms with Crippen LogP contribution >= 0.6 is 11.3 Å². The summed E-state index contributed by atoms with van der Waals surface area (Å²) >= 11 is 1.67. The quantitative estimate of drug-likeness (QED) is 0.473. The summed E-state index contributed by atoms with van der Waals surface area (Å²) in [4.78, 5) is 34.4. The summed E-state index contributed by atoms with van der Waals surface area (Å²) in [5, 5.41) is 4.92. The van der Waals surface area contributed by atoms with Crippen LogP contribution in [-0.4, -0.2) is 59.4 Å². The van der Waals surface area contributed by atoms with Crippen LogP contribution in [0, 0.1) is 0 Å². The predicted octanol–water partition coefficient (Wildman–Crippen LogP) is 3.55. The molecule has 2 aliphatic heterocycles. The SMILES string of the molecule is COc1ccc(CN2CC(=O)Nc3ncc(/C=C/C(=O)N4CC(OCc5cccs5)C4)cc3C2)cc1. The first-order chi connectivity index (χ1) is 17.6. The van der Waals surface area contributed by atoms with Gasteiger partial charge in [-0.2, -0.15) is 0 Å². The Kier molecular flexibility index (Phi) is 7.41. The van der Waals surface area contributed by atoms with Crippen molar-refractivity contribution in [1.82, 2.24) is 14.8 Å². The van der Waals surface area contributed by atoms with Crippen LogP contribution in [0.1, 0.15) is 21.6 Å². The van der Waals surface area contributed by atoms with Gasteiger partial charge in [0, 0.05) is 48.9 Å². The molecule has 186 valence electrons. The second-order valence-corrected chi connectivity index (χ2v) is 9.94. The van der Waals surface area contributed by atoms with Gasteiger partial charge < -0.3 is 19.7 Å². The molecule has 36 heavy (non-hydrogen) atoms. The number of hydrogen-bond acceptors (Lipinski definition) is 7. The number of nitrogens with zero attached hydrogens (tertiary/aromatic N) is 3. The molecule has 0 bridgehead atoms. The second-order valence-electron chi connectivity index (χ2n) is 8.91. The first kappa shape index (κ1) is 24.2. The Hall–Kier alpha value is -3.53. The van der Waals surface area contributed by atoms with E-state index in [1.54, 1.807) is 41.7 Å². The van der Waals surface area contributed by atoms with Crippen molar-refractivity contribution in [2.24, 2.45) is 0 Å². The third-order valence-electron chi connectivity index (χ3n) is 6.19. The number of nitrogens with one attached hydrogen (secondary N) is 1. The molecule has 1 aromatic carbocycles. The van der Waals surface area contributed by atoms with Gasteiger partial charge in [-0.05, 0) is 46.8 Å². The standard InChI is InChI=1S/C27H28N4O4S/c1-34-22-7-4-19(5-8-22)13-30-14-21-11-20(12-28-27(21)29-25(32)17-30)6-9-26(33)31-15-23(16-31)35-18-24-3-2-10-36-24/h2-12,23H,13-18H2,1H3,(H,28,29,32)/b9-6+. The van der Waals surface area contributed by atoms with Crippen molar-refractivity contribution < 1.29 is 19.1 Å². The van der Waals surface area contributed by atoms with Crippen molar-refractivity contribution in [3.63, 3.8) is 0 Å². The fourth-order valence-corrected chi connectivity index (χ4v) is 4.84. The maximum atomic E-state index is 12.6. The van der Waals surface area contributed by atoms with Gasteiger partial charge in [0.05, 0.1) is 26.4 Å². The smallest absolute Gasteiger partial charge is 0.246 e. The van der Waals surface area contributed by atoms with E-state index in [0.717, 1.165) is 22.4 Å². The zero-order valence-electron chi connectivity index (χ0n) is 20.1. The lowest BCUT2D eigenvalue weighted by Crippen LogP contribution is -2.54. The summed E-state index contributed by atoms with van der Waals surface area (Å²) in [6, 6.07) is 13.9. The molecule has 2 amide bonds. The van der Waals surface area contributed by atoms with Crippen LogP contribution in [0.2, 0.25) is 0 Å². The van der Waals surface area contributed by atoms with Crippen molar-refractivity contribution >= 4 is 35.0 Å². The lowest BCUT2D eigenvalue weighted by Gasteiger charge is -2.38. The normalized spacial score (nSPS) is 16.4. The number of methoxy groups -OCH3 is 1. The van der Waals surface area contributed by atoms with Crippen molar-refractivity contribution in [2.45, 2.75) is 25.8 Å². The lowest BCUT2D eigenvalue weighted by molar-refractivity contribution is -0.140. The Labute approximate surface area is 214 Å². The van der Waals surface area contributed by atoms with Gasteiger partial charge in [-0.25, -0.2) is 4.98 Å². The summed E-state index contributed by atoms with van der Waals surface area (Å²) in [5.41, 5.74) is 2.82. The van der Waals surface area contributed by atoms with E-state index in [9.17, 15) is 9.59 Å². The number of carbonyl (C=O) groups is 2. The van der Waals surface area contributed by atoms with Gasteiger partial charge in [0.25, 0.3) is 0 Å². The summed E-state index contributed by atoms with van der Waals surface area (Å²) in [7, 11) is 1.64. The fraction of sp³-hybridized carbons (Fsp3) is 0.296. The van der Waals surface area contributed by atoms with Gasteiger partial charge in [0.2, 0.25) is 11.8 Å². The highest BCUT2D eigenvalue weighted by Crippen LogP contribution is 2.23. The number of amides is 2. The summed E-state index contributed by atoms with van der Waals surface area (Å²) < 4.78 is 11.1. The number of hydrogen-bond donors (Lipinski definition) is 1. The average molecular weight is 505 g/mol. The fourth-order valence-electron chi connectivity index (χ4n) is 4.22.